The Morgan fingerprint density at radius 1 is 1.39 bits per heavy atom. The summed E-state index contributed by atoms with van der Waals surface area (Å²) in [5, 5.41) is 4.41. The first kappa shape index (κ1) is 13.9. The van der Waals surface area contributed by atoms with Crippen LogP contribution in [0.1, 0.15) is 57.5 Å². The molecule has 5 heteroatoms. The van der Waals surface area contributed by atoms with Crippen LogP contribution in [0.2, 0.25) is 0 Å². The molecular weight excluding hydrogens is 246 g/mol. The predicted octanol–water partition coefficient (Wildman–Crippen LogP) is 3.26. The first-order chi connectivity index (χ1) is 8.61. The van der Waals surface area contributed by atoms with E-state index in [-0.39, 0.29) is 0 Å². The van der Waals surface area contributed by atoms with Crippen molar-refractivity contribution in [3.8, 4) is 0 Å². The third-order valence-electron chi connectivity index (χ3n) is 3.72. The van der Waals surface area contributed by atoms with Crippen LogP contribution in [-0.2, 0) is 6.54 Å². The van der Waals surface area contributed by atoms with E-state index < -0.39 is 0 Å². The summed E-state index contributed by atoms with van der Waals surface area (Å²) in [6, 6.07) is 1.25. The Balaban J connectivity index is 1.98. The zero-order valence-electron chi connectivity index (χ0n) is 11.7. The van der Waals surface area contributed by atoms with Gasteiger partial charge in [0, 0.05) is 12.1 Å². The highest BCUT2D eigenvalue weighted by molar-refractivity contribution is 7.99. The van der Waals surface area contributed by atoms with Crippen LogP contribution in [0.15, 0.2) is 4.52 Å². The van der Waals surface area contributed by atoms with Crippen molar-refractivity contribution in [3.05, 3.63) is 11.7 Å². The van der Waals surface area contributed by atoms with Gasteiger partial charge in [0.05, 0.1) is 11.8 Å². The van der Waals surface area contributed by atoms with Gasteiger partial charge in [-0.15, -0.1) is 0 Å². The van der Waals surface area contributed by atoms with E-state index in [0.29, 0.717) is 17.3 Å². The zero-order chi connectivity index (χ0) is 13.1. The summed E-state index contributed by atoms with van der Waals surface area (Å²) in [6.07, 6.45) is 2.54. The largest absolute Gasteiger partial charge is 0.338 e. The topological polar surface area (TPSA) is 42.2 Å². The molecule has 102 valence electrons. The van der Waals surface area contributed by atoms with Crippen LogP contribution in [0, 0.1) is 0 Å². The molecule has 1 fully saturated rings. The van der Waals surface area contributed by atoms with Crippen molar-refractivity contribution in [1.82, 2.24) is 15.0 Å². The first-order valence-corrected chi connectivity index (χ1v) is 7.86. The Hall–Kier alpha value is -0.550. The number of thioether (sulfide) groups is 1. The van der Waals surface area contributed by atoms with E-state index in [1.807, 2.05) is 11.8 Å². The number of hydrogen-bond donors (Lipinski definition) is 0. The fourth-order valence-electron chi connectivity index (χ4n) is 2.54. The van der Waals surface area contributed by atoms with Gasteiger partial charge in [-0.1, -0.05) is 12.1 Å². The van der Waals surface area contributed by atoms with Crippen molar-refractivity contribution >= 4 is 11.8 Å². The minimum absolute atomic E-state index is 0.320. The molecule has 0 radical (unpaired) electrons. The van der Waals surface area contributed by atoms with Gasteiger partial charge >= 0.3 is 0 Å². The molecule has 2 rings (SSSR count). The van der Waals surface area contributed by atoms with Gasteiger partial charge in [-0.2, -0.15) is 16.7 Å². The number of hydrogen-bond acceptors (Lipinski definition) is 5. The van der Waals surface area contributed by atoms with Crippen molar-refractivity contribution in [2.45, 2.75) is 64.4 Å². The summed E-state index contributed by atoms with van der Waals surface area (Å²) >= 11 is 1.84. The average molecular weight is 269 g/mol. The minimum Gasteiger partial charge on any atom is -0.338 e. The van der Waals surface area contributed by atoms with Crippen LogP contribution < -0.4 is 0 Å². The van der Waals surface area contributed by atoms with Crippen LogP contribution in [0.25, 0.3) is 0 Å². The molecule has 1 aliphatic heterocycles. The molecule has 0 N–H and O–H groups in total. The lowest BCUT2D eigenvalue weighted by molar-refractivity contribution is 0.177. The van der Waals surface area contributed by atoms with E-state index in [4.69, 9.17) is 4.52 Å². The van der Waals surface area contributed by atoms with Gasteiger partial charge in [-0.3, -0.25) is 4.90 Å². The van der Waals surface area contributed by atoms with Gasteiger partial charge in [-0.25, -0.2) is 0 Å². The van der Waals surface area contributed by atoms with Crippen molar-refractivity contribution in [1.29, 1.82) is 0 Å². The van der Waals surface area contributed by atoms with Crippen molar-refractivity contribution in [2.24, 2.45) is 0 Å². The Bertz CT molecular complexity index is 372. The quantitative estimate of drug-likeness (QED) is 0.820. The molecule has 1 aromatic rings. The van der Waals surface area contributed by atoms with Crippen LogP contribution >= 0.6 is 11.8 Å². The highest BCUT2D eigenvalue weighted by Gasteiger charge is 2.28. The summed E-state index contributed by atoms with van der Waals surface area (Å²) in [7, 11) is 0. The van der Waals surface area contributed by atoms with E-state index in [0.717, 1.165) is 24.0 Å². The van der Waals surface area contributed by atoms with Gasteiger partial charge in [-0.05, 0) is 39.4 Å². The van der Waals surface area contributed by atoms with Gasteiger partial charge < -0.3 is 4.52 Å². The molecule has 0 spiro atoms. The Morgan fingerprint density at radius 3 is 2.67 bits per heavy atom. The van der Waals surface area contributed by atoms with Gasteiger partial charge in [0.15, 0.2) is 5.82 Å². The lowest BCUT2D eigenvalue weighted by Gasteiger charge is -2.23. The van der Waals surface area contributed by atoms with E-state index in [1.54, 1.807) is 0 Å². The second kappa shape index (κ2) is 6.06. The zero-order valence-corrected chi connectivity index (χ0v) is 12.5. The molecule has 0 bridgehead atoms. The Kier molecular flexibility index (Phi) is 4.67. The number of aromatic nitrogens is 2. The molecule has 3 atom stereocenters. The molecule has 0 saturated carbocycles. The van der Waals surface area contributed by atoms with Crippen LogP contribution in [0.3, 0.4) is 0 Å². The SMILES string of the molecule is CCS[C@H](C)c1noc(CN2[C@@H](C)CC[C@@H]2C)n1. The molecule has 18 heavy (non-hydrogen) atoms. The molecule has 0 aliphatic carbocycles. The number of rotatable bonds is 5. The molecule has 2 heterocycles. The second-order valence-corrected chi connectivity index (χ2v) is 6.71. The molecule has 4 nitrogen and oxygen atoms in total. The third kappa shape index (κ3) is 3.06. The second-order valence-electron chi connectivity index (χ2n) is 5.09. The molecular formula is C13H23N3OS. The maximum absolute atomic E-state index is 5.37. The Labute approximate surface area is 114 Å². The lowest BCUT2D eigenvalue weighted by atomic mass is 10.2. The Morgan fingerprint density at radius 2 is 2.06 bits per heavy atom. The third-order valence-corrected chi connectivity index (χ3v) is 4.76. The van der Waals surface area contributed by atoms with Gasteiger partial charge in [0.2, 0.25) is 5.89 Å². The average Bonchev–Trinajstić information content (AvgIpc) is 2.92. The molecule has 0 unspecified atom stereocenters. The van der Waals surface area contributed by atoms with E-state index in [1.165, 1.54) is 12.8 Å². The highest BCUT2D eigenvalue weighted by atomic mass is 32.2. The monoisotopic (exact) mass is 269 g/mol. The number of likely N-dealkylation sites (tertiary alicyclic amines) is 1. The van der Waals surface area contributed by atoms with Crippen molar-refractivity contribution < 1.29 is 4.52 Å². The summed E-state index contributed by atoms with van der Waals surface area (Å²) < 4.78 is 5.37. The molecule has 0 amide bonds. The van der Waals surface area contributed by atoms with Crippen molar-refractivity contribution in [3.63, 3.8) is 0 Å². The summed E-state index contributed by atoms with van der Waals surface area (Å²) in [6.45, 7) is 9.62. The van der Waals surface area contributed by atoms with Crippen LogP contribution in [-0.4, -0.2) is 32.9 Å². The summed E-state index contributed by atoms with van der Waals surface area (Å²) in [5.74, 6) is 2.66. The normalized spacial score (nSPS) is 26.7. The van der Waals surface area contributed by atoms with Crippen LogP contribution in [0.4, 0.5) is 0 Å². The maximum Gasteiger partial charge on any atom is 0.240 e. The van der Waals surface area contributed by atoms with E-state index in [2.05, 4.69) is 42.7 Å². The molecule has 1 saturated heterocycles. The standard InChI is InChI=1S/C13H23N3OS/c1-5-18-11(4)13-14-12(17-15-13)8-16-9(2)6-7-10(16)3/h9-11H,5-8H2,1-4H3/t9-,10-,11+/m0/s1. The van der Waals surface area contributed by atoms with E-state index >= 15 is 0 Å². The fourth-order valence-corrected chi connectivity index (χ4v) is 3.28. The smallest absolute Gasteiger partial charge is 0.240 e. The lowest BCUT2D eigenvalue weighted by Crippen LogP contribution is -2.32. The fraction of sp³-hybridized carbons (Fsp3) is 0.846. The van der Waals surface area contributed by atoms with Gasteiger partial charge in [0.25, 0.3) is 0 Å². The first-order valence-electron chi connectivity index (χ1n) is 6.81. The van der Waals surface area contributed by atoms with Crippen molar-refractivity contribution in [2.75, 3.05) is 5.75 Å². The molecule has 1 aliphatic rings. The summed E-state index contributed by atoms with van der Waals surface area (Å²) in [4.78, 5) is 6.97. The maximum atomic E-state index is 5.37. The summed E-state index contributed by atoms with van der Waals surface area (Å²) in [5.41, 5.74) is 0. The van der Waals surface area contributed by atoms with Gasteiger partial charge in [0.1, 0.15) is 0 Å². The molecule has 0 aromatic carbocycles. The van der Waals surface area contributed by atoms with Crippen LogP contribution in [0.5, 0.6) is 0 Å². The highest BCUT2D eigenvalue weighted by Crippen LogP contribution is 2.27. The minimum atomic E-state index is 0.320. The predicted molar refractivity (Wildman–Crippen MR) is 74.5 cm³/mol. The number of nitrogens with zero attached hydrogens (tertiary/aromatic N) is 3. The molecule has 1 aromatic heterocycles. The van der Waals surface area contributed by atoms with E-state index in [9.17, 15) is 0 Å².